The van der Waals surface area contributed by atoms with E-state index in [9.17, 15) is 0 Å². The first-order valence-corrected chi connectivity index (χ1v) is 7.35. The fraction of sp³-hybridized carbons (Fsp3) is 0.462. The van der Waals surface area contributed by atoms with Gasteiger partial charge in [0.2, 0.25) is 0 Å². The molecular formula is C13H20N6S. The van der Waals surface area contributed by atoms with Gasteiger partial charge in [-0.05, 0) is 6.92 Å². The van der Waals surface area contributed by atoms with Gasteiger partial charge >= 0.3 is 0 Å². The average Bonchev–Trinajstić information content (AvgIpc) is 2.83. The molecule has 20 heavy (non-hydrogen) atoms. The number of aromatic nitrogens is 3. The van der Waals surface area contributed by atoms with E-state index in [1.54, 1.807) is 11.3 Å². The lowest BCUT2D eigenvalue weighted by atomic mass is 10.2. The Bertz CT molecular complexity index is 580. The van der Waals surface area contributed by atoms with Crippen molar-refractivity contribution in [2.45, 2.75) is 33.2 Å². The molecule has 0 aliphatic rings. The Morgan fingerprint density at radius 3 is 2.65 bits per heavy atom. The summed E-state index contributed by atoms with van der Waals surface area (Å²) >= 11 is 1.65. The summed E-state index contributed by atoms with van der Waals surface area (Å²) in [5.74, 6) is 7.96. The number of aryl methyl sites for hydroxylation is 1. The van der Waals surface area contributed by atoms with Crippen molar-refractivity contribution in [3.05, 3.63) is 28.0 Å². The van der Waals surface area contributed by atoms with Crippen LogP contribution in [0.5, 0.6) is 0 Å². The molecule has 2 heterocycles. The smallest absolute Gasteiger partial charge is 0.145 e. The Hall–Kier alpha value is -1.73. The van der Waals surface area contributed by atoms with Crippen molar-refractivity contribution in [2.75, 3.05) is 17.4 Å². The molecule has 0 amide bonds. The van der Waals surface area contributed by atoms with Crippen LogP contribution in [0.3, 0.4) is 0 Å². The van der Waals surface area contributed by atoms with Crippen molar-refractivity contribution >= 4 is 23.0 Å². The summed E-state index contributed by atoms with van der Waals surface area (Å²) < 4.78 is 0. The molecule has 2 aromatic rings. The average molecular weight is 292 g/mol. The maximum atomic E-state index is 5.47. The minimum atomic E-state index is 0.247. The number of thiazole rings is 1. The predicted molar refractivity (Wildman–Crippen MR) is 82.9 cm³/mol. The van der Waals surface area contributed by atoms with Crippen LogP contribution in [0.2, 0.25) is 0 Å². The van der Waals surface area contributed by atoms with Crippen LogP contribution in [0, 0.1) is 6.92 Å². The first-order valence-electron chi connectivity index (χ1n) is 6.47. The van der Waals surface area contributed by atoms with E-state index in [2.05, 4.69) is 39.6 Å². The molecule has 2 rings (SSSR count). The lowest BCUT2D eigenvalue weighted by molar-refractivity contribution is 0.761. The van der Waals surface area contributed by atoms with Crippen LogP contribution in [0.1, 0.15) is 36.3 Å². The van der Waals surface area contributed by atoms with Gasteiger partial charge in [-0.1, -0.05) is 13.8 Å². The van der Waals surface area contributed by atoms with Crippen molar-refractivity contribution in [3.63, 3.8) is 0 Å². The van der Waals surface area contributed by atoms with Crippen LogP contribution in [0.25, 0.3) is 0 Å². The van der Waals surface area contributed by atoms with Crippen molar-refractivity contribution in [2.24, 2.45) is 5.84 Å². The summed E-state index contributed by atoms with van der Waals surface area (Å²) in [6.07, 6.45) is 0. The van der Waals surface area contributed by atoms with Crippen molar-refractivity contribution in [1.29, 1.82) is 0 Å². The number of nitrogens with two attached hydrogens (primary N) is 1. The molecule has 0 atom stereocenters. The normalized spacial score (nSPS) is 10.9. The second kappa shape index (κ2) is 6.15. The van der Waals surface area contributed by atoms with Crippen molar-refractivity contribution < 1.29 is 0 Å². The molecule has 0 spiro atoms. The van der Waals surface area contributed by atoms with Crippen LogP contribution in [0.4, 0.5) is 11.6 Å². The Kier molecular flexibility index (Phi) is 4.51. The molecule has 0 aliphatic carbocycles. The molecule has 108 valence electrons. The van der Waals surface area contributed by atoms with Gasteiger partial charge in [0.15, 0.2) is 0 Å². The minimum Gasteiger partial charge on any atom is -0.354 e. The molecule has 0 fully saturated rings. The number of nitrogens with zero attached hydrogens (tertiary/aromatic N) is 4. The minimum absolute atomic E-state index is 0.247. The highest BCUT2D eigenvalue weighted by Gasteiger charge is 2.12. The predicted octanol–water partition coefficient (Wildman–Crippen LogP) is 2.29. The lowest BCUT2D eigenvalue weighted by Crippen LogP contribution is -2.20. The third-order valence-corrected chi connectivity index (χ3v) is 3.67. The van der Waals surface area contributed by atoms with E-state index in [1.165, 1.54) is 0 Å². The number of hydrazine groups is 1. The zero-order valence-electron chi connectivity index (χ0n) is 12.2. The highest BCUT2D eigenvalue weighted by atomic mass is 32.1. The van der Waals surface area contributed by atoms with E-state index >= 15 is 0 Å². The monoisotopic (exact) mass is 292 g/mol. The molecule has 0 aromatic carbocycles. The quantitative estimate of drug-likeness (QED) is 0.650. The van der Waals surface area contributed by atoms with E-state index in [0.717, 1.165) is 22.3 Å². The van der Waals surface area contributed by atoms with Crippen molar-refractivity contribution in [3.8, 4) is 0 Å². The molecule has 0 saturated heterocycles. The SMILES string of the molecule is Cc1nc(CN(C)c2cc(NN)nc(C(C)C)n2)cs1. The molecule has 0 saturated carbocycles. The van der Waals surface area contributed by atoms with Crippen LogP contribution in [0.15, 0.2) is 11.4 Å². The third-order valence-electron chi connectivity index (χ3n) is 2.85. The molecule has 6 nitrogen and oxygen atoms in total. The van der Waals surface area contributed by atoms with E-state index in [4.69, 9.17) is 5.84 Å². The summed E-state index contributed by atoms with van der Waals surface area (Å²) in [5.41, 5.74) is 3.64. The molecule has 7 heteroatoms. The largest absolute Gasteiger partial charge is 0.354 e. The molecule has 0 aliphatic heterocycles. The number of nitrogens with one attached hydrogen (secondary N) is 1. The summed E-state index contributed by atoms with van der Waals surface area (Å²) in [5, 5.41) is 3.14. The second-order valence-electron chi connectivity index (χ2n) is 4.98. The summed E-state index contributed by atoms with van der Waals surface area (Å²) in [7, 11) is 1.99. The Morgan fingerprint density at radius 2 is 2.10 bits per heavy atom. The molecule has 0 radical (unpaired) electrons. The van der Waals surface area contributed by atoms with Gasteiger partial charge in [-0.2, -0.15) is 0 Å². The molecule has 0 unspecified atom stereocenters. The van der Waals surface area contributed by atoms with Gasteiger partial charge in [0.05, 0.1) is 17.2 Å². The van der Waals surface area contributed by atoms with Crippen LogP contribution in [-0.4, -0.2) is 22.0 Å². The number of rotatable bonds is 5. The van der Waals surface area contributed by atoms with E-state index in [1.807, 2.05) is 24.9 Å². The van der Waals surface area contributed by atoms with Gasteiger partial charge in [-0.3, -0.25) is 0 Å². The third kappa shape index (κ3) is 3.43. The first kappa shape index (κ1) is 14.7. The zero-order chi connectivity index (χ0) is 14.7. The lowest BCUT2D eigenvalue weighted by Gasteiger charge is -2.19. The standard InChI is InChI=1S/C13H20N6S/c1-8(2)13-16-11(18-14)5-12(17-13)19(4)6-10-7-20-9(3)15-10/h5,7-8H,6,14H2,1-4H3,(H,16,17,18). The van der Waals surface area contributed by atoms with Crippen LogP contribution in [-0.2, 0) is 6.54 Å². The maximum Gasteiger partial charge on any atom is 0.145 e. The molecular weight excluding hydrogens is 272 g/mol. The number of nitrogen functional groups attached to an aromatic ring is 1. The fourth-order valence-electron chi connectivity index (χ4n) is 1.79. The topological polar surface area (TPSA) is 80.0 Å². The molecule has 0 bridgehead atoms. The van der Waals surface area contributed by atoms with Gasteiger partial charge < -0.3 is 10.3 Å². The Balaban J connectivity index is 2.24. The van der Waals surface area contributed by atoms with E-state index in [-0.39, 0.29) is 5.92 Å². The van der Waals surface area contributed by atoms with Gasteiger partial charge in [-0.25, -0.2) is 20.8 Å². The Morgan fingerprint density at radius 1 is 1.35 bits per heavy atom. The first-order chi connectivity index (χ1) is 9.49. The summed E-state index contributed by atoms with van der Waals surface area (Å²) in [6, 6.07) is 1.84. The van der Waals surface area contributed by atoms with Crippen molar-refractivity contribution in [1.82, 2.24) is 15.0 Å². The van der Waals surface area contributed by atoms with Crippen LogP contribution < -0.4 is 16.2 Å². The van der Waals surface area contributed by atoms with Gasteiger partial charge in [-0.15, -0.1) is 11.3 Å². The Labute approximate surface area is 123 Å². The highest BCUT2D eigenvalue weighted by Crippen LogP contribution is 2.20. The van der Waals surface area contributed by atoms with Gasteiger partial charge in [0, 0.05) is 24.4 Å². The number of anilines is 2. The van der Waals surface area contributed by atoms with Gasteiger partial charge in [0.1, 0.15) is 17.5 Å². The number of hydrogen-bond donors (Lipinski definition) is 2. The maximum absolute atomic E-state index is 5.47. The molecule has 3 N–H and O–H groups in total. The molecule has 2 aromatic heterocycles. The second-order valence-corrected chi connectivity index (χ2v) is 6.04. The van der Waals surface area contributed by atoms with E-state index in [0.29, 0.717) is 12.4 Å². The fourth-order valence-corrected chi connectivity index (χ4v) is 2.39. The van der Waals surface area contributed by atoms with E-state index < -0.39 is 0 Å². The highest BCUT2D eigenvalue weighted by molar-refractivity contribution is 7.09. The zero-order valence-corrected chi connectivity index (χ0v) is 13.0. The number of hydrogen-bond acceptors (Lipinski definition) is 7. The summed E-state index contributed by atoms with van der Waals surface area (Å²) in [6.45, 7) is 6.83. The van der Waals surface area contributed by atoms with Gasteiger partial charge in [0.25, 0.3) is 0 Å². The summed E-state index contributed by atoms with van der Waals surface area (Å²) in [4.78, 5) is 15.5. The van der Waals surface area contributed by atoms with Crippen LogP contribution >= 0.6 is 11.3 Å².